The minimum atomic E-state index is 0.184. The van der Waals surface area contributed by atoms with Crippen LogP contribution in [0.15, 0.2) is 30.9 Å². The fourth-order valence-electron chi connectivity index (χ4n) is 3.91. The highest BCUT2D eigenvalue weighted by Gasteiger charge is 2.30. The second-order valence-electron chi connectivity index (χ2n) is 7.21. The van der Waals surface area contributed by atoms with Crippen molar-refractivity contribution in [3.63, 3.8) is 0 Å². The van der Waals surface area contributed by atoms with Crippen LogP contribution in [0.3, 0.4) is 0 Å². The van der Waals surface area contributed by atoms with E-state index < -0.39 is 0 Å². The lowest BCUT2D eigenvalue weighted by molar-refractivity contribution is 0.227. The van der Waals surface area contributed by atoms with Crippen molar-refractivity contribution in [3.05, 3.63) is 58.4 Å². The molecule has 1 atom stereocenters. The summed E-state index contributed by atoms with van der Waals surface area (Å²) in [7, 11) is 1.94. The van der Waals surface area contributed by atoms with Gasteiger partial charge in [-0.3, -0.25) is 9.58 Å². The highest BCUT2D eigenvalue weighted by Crippen LogP contribution is 2.38. The molecule has 1 unspecified atom stereocenters. The van der Waals surface area contributed by atoms with Crippen LogP contribution in [0.1, 0.15) is 42.3 Å². The molecule has 0 bridgehead atoms. The van der Waals surface area contributed by atoms with E-state index in [1.807, 2.05) is 43.9 Å². The van der Waals surface area contributed by atoms with Gasteiger partial charge in [-0.15, -0.1) is 0 Å². The Hall–Kier alpha value is -2.51. The summed E-state index contributed by atoms with van der Waals surface area (Å²) >= 11 is 6.51. The summed E-state index contributed by atoms with van der Waals surface area (Å²) in [4.78, 5) is 10.3. The van der Waals surface area contributed by atoms with E-state index in [9.17, 15) is 0 Å². The van der Waals surface area contributed by atoms with E-state index in [4.69, 9.17) is 21.1 Å². The molecule has 0 amide bonds. The number of nitrogens with zero attached hydrogens (tertiary/aromatic N) is 4. The van der Waals surface area contributed by atoms with E-state index in [0.29, 0.717) is 29.7 Å². The average molecular weight is 416 g/mol. The number of hydrogen-bond acceptors (Lipinski definition) is 5. The van der Waals surface area contributed by atoms with E-state index in [1.54, 1.807) is 6.33 Å². The topological polar surface area (TPSA) is 68.2 Å². The molecule has 1 aromatic carbocycles. The molecule has 2 aromatic heterocycles. The Morgan fingerprint density at radius 1 is 1.24 bits per heavy atom. The molecule has 0 fully saturated rings. The molecule has 7 nitrogen and oxygen atoms in total. The number of halogens is 1. The van der Waals surface area contributed by atoms with Gasteiger partial charge in [-0.2, -0.15) is 5.10 Å². The third-order valence-electron chi connectivity index (χ3n) is 5.10. The van der Waals surface area contributed by atoms with Gasteiger partial charge in [0.2, 0.25) is 0 Å². The van der Waals surface area contributed by atoms with Crippen molar-refractivity contribution in [3.8, 4) is 11.5 Å². The number of benzene rings is 1. The number of fused-ring (bicyclic) bond motifs is 1. The minimum absolute atomic E-state index is 0.184. The Bertz CT molecular complexity index is 983. The molecule has 0 saturated carbocycles. The Balaban J connectivity index is 1.60. The van der Waals surface area contributed by atoms with Gasteiger partial charge in [-0.05, 0) is 31.5 Å². The Morgan fingerprint density at radius 3 is 2.79 bits per heavy atom. The van der Waals surface area contributed by atoms with Crippen molar-refractivity contribution in [2.45, 2.75) is 32.9 Å². The van der Waals surface area contributed by atoms with Crippen LogP contribution in [-0.2, 0) is 20.1 Å². The smallest absolute Gasteiger partial charge is 0.179 e. The summed E-state index contributed by atoms with van der Waals surface area (Å²) in [5.74, 6) is 1.49. The Morgan fingerprint density at radius 2 is 2.07 bits per heavy atom. The second kappa shape index (κ2) is 8.47. The van der Waals surface area contributed by atoms with Crippen molar-refractivity contribution < 1.29 is 9.47 Å². The van der Waals surface area contributed by atoms with Crippen LogP contribution in [0, 0.1) is 0 Å². The maximum Gasteiger partial charge on any atom is 0.179 e. The number of aryl methyl sites for hydroxylation is 1. The summed E-state index contributed by atoms with van der Waals surface area (Å²) in [6.45, 7) is 7.42. The molecule has 1 aliphatic rings. The van der Waals surface area contributed by atoms with Gasteiger partial charge in [0.05, 0.1) is 42.1 Å². The number of aromatic nitrogens is 4. The van der Waals surface area contributed by atoms with E-state index in [1.165, 1.54) is 5.56 Å². The maximum absolute atomic E-state index is 6.51. The van der Waals surface area contributed by atoms with Gasteiger partial charge in [0.15, 0.2) is 11.5 Å². The lowest BCUT2D eigenvalue weighted by Crippen LogP contribution is -2.33. The molecule has 0 radical (unpaired) electrons. The normalized spacial score (nSPS) is 16.6. The molecule has 0 spiro atoms. The van der Waals surface area contributed by atoms with Gasteiger partial charge >= 0.3 is 0 Å². The predicted molar refractivity (Wildman–Crippen MR) is 112 cm³/mol. The Labute approximate surface area is 175 Å². The molecule has 0 saturated heterocycles. The van der Waals surface area contributed by atoms with Crippen molar-refractivity contribution in [1.82, 2.24) is 24.6 Å². The number of aromatic amines is 1. The summed E-state index contributed by atoms with van der Waals surface area (Å²) in [6.07, 6.45) is 5.76. The van der Waals surface area contributed by atoms with Crippen molar-refractivity contribution in [2.24, 2.45) is 7.05 Å². The van der Waals surface area contributed by atoms with E-state index in [2.05, 4.69) is 26.2 Å². The van der Waals surface area contributed by atoms with Crippen LogP contribution in [0.5, 0.6) is 11.5 Å². The lowest BCUT2D eigenvalue weighted by Gasteiger charge is -2.31. The average Bonchev–Trinajstić information content (AvgIpc) is 3.33. The second-order valence-corrected chi connectivity index (χ2v) is 7.61. The van der Waals surface area contributed by atoms with Crippen molar-refractivity contribution in [2.75, 3.05) is 19.8 Å². The summed E-state index contributed by atoms with van der Waals surface area (Å²) in [5, 5.41) is 4.92. The SMILES string of the molecule is CCOc1cc(CN2Cc3[nH]cnc3C(c3cnn(C)c3)C2)cc(Cl)c1OCC. The van der Waals surface area contributed by atoms with Crippen molar-refractivity contribution >= 4 is 11.6 Å². The van der Waals surface area contributed by atoms with E-state index in [-0.39, 0.29) is 5.92 Å². The monoisotopic (exact) mass is 415 g/mol. The molecule has 1 N–H and O–H groups in total. The van der Waals surface area contributed by atoms with Gasteiger partial charge < -0.3 is 14.5 Å². The first kappa shape index (κ1) is 19.8. The number of rotatable bonds is 7. The summed E-state index contributed by atoms with van der Waals surface area (Å²) in [6, 6.07) is 4.00. The first-order valence-electron chi connectivity index (χ1n) is 9.90. The third-order valence-corrected chi connectivity index (χ3v) is 5.38. The van der Waals surface area contributed by atoms with Gasteiger partial charge in [0.25, 0.3) is 0 Å². The largest absolute Gasteiger partial charge is 0.490 e. The van der Waals surface area contributed by atoms with Crippen LogP contribution in [0.25, 0.3) is 0 Å². The van der Waals surface area contributed by atoms with E-state index in [0.717, 1.165) is 36.6 Å². The van der Waals surface area contributed by atoms with Gasteiger partial charge in [-0.25, -0.2) is 4.98 Å². The number of nitrogens with one attached hydrogen (secondary N) is 1. The van der Waals surface area contributed by atoms with Gasteiger partial charge in [-0.1, -0.05) is 11.6 Å². The van der Waals surface area contributed by atoms with Crippen LogP contribution in [-0.4, -0.2) is 44.4 Å². The minimum Gasteiger partial charge on any atom is -0.490 e. The fourth-order valence-corrected chi connectivity index (χ4v) is 4.20. The highest BCUT2D eigenvalue weighted by molar-refractivity contribution is 6.32. The van der Waals surface area contributed by atoms with Crippen LogP contribution >= 0.6 is 11.6 Å². The number of ether oxygens (including phenoxy) is 2. The predicted octanol–water partition coefficient (Wildman–Crippen LogP) is 3.74. The zero-order valence-corrected chi connectivity index (χ0v) is 17.7. The Kier molecular flexibility index (Phi) is 5.78. The molecule has 3 heterocycles. The summed E-state index contributed by atoms with van der Waals surface area (Å²) < 4.78 is 13.3. The van der Waals surface area contributed by atoms with Crippen LogP contribution in [0.4, 0.5) is 0 Å². The van der Waals surface area contributed by atoms with Crippen LogP contribution < -0.4 is 9.47 Å². The molecular formula is C21H26ClN5O2. The molecule has 1 aliphatic heterocycles. The molecule has 3 aromatic rings. The third kappa shape index (κ3) is 4.11. The lowest BCUT2D eigenvalue weighted by atomic mass is 9.93. The maximum atomic E-state index is 6.51. The molecule has 8 heteroatoms. The highest BCUT2D eigenvalue weighted by atomic mass is 35.5. The van der Waals surface area contributed by atoms with Gasteiger partial charge in [0.1, 0.15) is 0 Å². The first-order chi connectivity index (χ1) is 14.1. The quantitative estimate of drug-likeness (QED) is 0.636. The summed E-state index contributed by atoms with van der Waals surface area (Å²) in [5.41, 5.74) is 4.52. The molecule has 0 aliphatic carbocycles. The standard InChI is InChI=1S/C21H26ClN5O2/c1-4-28-19-7-14(6-17(22)21(19)29-5-2)9-27-11-16(15-8-25-26(3)10-15)20-18(12-27)23-13-24-20/h6-8,10,13,16H,4-5,9,11-12H2,1-3H3,(H,23,24). The zero-order valence-electron chi connectivity index (χ0n) is 17.0. The molecular weight excluding hydrogens is 390 g/mol. The first-order valence-corrected chi connectivity index (χ1v) is 10.3. The van der Waals surface area contributed by atoms with Crippen molar-refractivity contribution in [1.29, 1.82) is 0 Å². The fraction of sp³-hybridized carbons (Fsp3) is 0.429. The zero-order chi connectivity index (χ0) is 20.4. The number of H-pyrrole nitrogens is 1. The van der Waals surface area contributed by atoms with E-state index >= 15 is 0 Å². The van der Waals surface area contributed by atoms with Gasteiger partial charge in [0, 0.05) is 44.4 Å². The molecule has 154 valence electrons. The number of imidazole rings is 1. The molecule has 29 heavy (non-hydrogen) atoms. The molecule has 4 rings (SSSR count). The number of hydrogen-bond donors (Lipinski definition) is 1. The van der Waals surface area contributed by atoms with Crippen LogP contribution in [0.2, 0.25) is 5.02 Å².